The summed E-state index contributed by atoms with van der Waals surface area (Å²) in [6.07, 6.45) is 11.8. The van der Waals surface area contributed by atoms with Crippen LogP contribution in [0.1, 0.15) is 57.1 Å². The van der Waals surface area contributed by atoms with E-state index >= 15 is 0 Å². The number of carbonyl (C=O) groups excluding carboxylic acids is 1. The Labute approximate surface area is 149 Å². The van der Waals surface area contributed by atoms with E-state index in [1.165, 1.54) is 19.3 Å². The second kappa shape index (κ2) is 7.83. The van der Waals surface area contributed by atoms with Gasteiger partial charge in [-0.1, -0.05) is 31.4 Å². The van der Waals surface area contributed by atoms with Crippen molar-refractivity contribution in [1.82, 2.24) is 14.9 Å². The van der Waals surface area contributed by atoms with Gasteiger partial charge in [0.25, 0.3) is 0 Å². The molecule has 1 amide bonds. The highest BCUT2D eigenvalue weighted by atomic mass is 16.1. The van der Waals surface area contributed by atoms with E-state index in [1.54, 1.807) is 12.5 Å². The van der Waals surface area contributed by atoms with Gasteiger partial charge in [-0.3, -0.25) is 4.79 Å². The van der Waals surface area contributed by atoms with Crippen molar-refractivity contribution in [1.29, 1.82) is 0 Å². The second-order valence-electron chi connectivity index (χ2n) is 7.30. The summed E-state index contributed by atoms with van der Waals surface area (Å²) in [7, 11) is 0. The summed E-state index contributed by atoms with van der Waals surface area (Å²) in [6.45, 7) is 2.63. The maximum Gasteiger partial charge on any atom is 0.221 e. The Bertz CT molecular complexity index is 689. The Morgan fingerprint density at radius 1 is 1.36 bits per heavy atom. The zero-order valence-corrected chi connectivity index (χ0v) is 14.9. The van der Waals surface area contributed by atoms with Crippen LogP contribution >= 0.6 is 0 Å². The van der Waals surface area contributed by atoms with Crippen molar-refractivity contribution in [3.63, 3.8) is 0 Å². The number of hydrogen-bond acceptors (Lipinski definition) is 3. The summed E-state index contributed by atoms with van der Waals surface area (Å²) in [5.74, 6) is 0.105. The molecule has 5 nitrogen and oxygen atoms in total. The van der Waals surface area contributed by atoms with Gasteiger partial charge in [-0.2, -0.15) is 0 Å². The predicted molar refractivity (Wildman–Crippen MR) is 99.3 cm³/mol. The molecule has 25 heavy (non-hydrogen) atoms. The first-order chi connectivity index (χ1) is 12.1. The molecule has 1 unspecified atom stereocenters. The smallest absolute Gasteiger partial charge is 0.221 e. The summed E-state index contributed by atoms with van der Waals surface area (Å²) >= 11 is 0. The Kier molecular flexibility index (Phi) is 5.53. The highest BCUT2D eigenvalue weighted by Crippen LogP contribution is 2.38. The molecule has 1 aliphatic carbocycles. The molecule has 0 bridgehead atoms. The van der Waals surface area contributed by atoms with E-state index in [2.05, 4.69) is 16.4 Å². The molecule has 1 atom stereocenters. The van der Waals surface area contributed by atoms with Gasteiger partial charge < -0.3 is 15.6 Å². The van der Waals surface area contributed by atoms with Gasteiger partial charge in [0.05, 0.1) is 12.4 Å². The number of hydrogen-bond donors (Lipinski definition) is 2. The van der Waals surface area contributed by atoms with Crippen molar-refractivity contribution in [3.05, 3.63) is 48.5 Å². The van der Waals surface area contributed by atoms with E-state index in [0.717, 1.165) is 24.1 Å². The molecule has 134 valence electrons. The molecule has 3 N–H and O–H groups in total. The minimum Gasteiger partial charge on any atom is -0.350 e. The van der Waals surface area contributed by atoms with E-state index in [4.69, 9.17) is 5.73 Å². The lowest BCUT2D eigenvalue weighted by Gasteiger charge is -2.36. The number of rotatable bonds is 6. The van der Waals surface area contributed by atoms with Gasteiger partial charge in [0.2, 0.25) is 5.91 Å². The van der Waals surface area contributed by atoms with Gasteiger partial charge in [0.15, 0.2) is 0 Å². The molecule has 1 saturated carbocycles. The summed E-state index contributed by atoms with van der Waals surface area (Å²) in [5, 5.41) is 3.16. The van der Waals surface area contributed by atoms with E-state index in [0.29, 0.717) is 13.0 Å². The Morgan fingerprint density at radius 2 is 2.16 bits per heavy atom. The van der Waals surface area contributed by atoms with Crippen LogP contribution in [-0.4, -0.2) is 22.0 Å². The first kappa shape index (κ1) is 17.7. The van der Waals surface area contributed by atoms with Gasteiger partial charge in [-0.05, 0) is 49.4 Å². The fourth-order valence-electron chi connectivity index (χ4n) is 3.84. The summed E-state index contributed by atoms with van der Waals surface area (Å²) in [4.78, 5) is 16.7. The summed E-state index contributed by atoms with van der Waals surface area (Å²) in [6, 6.07) is 8.15. The Balaban J connectivity index is 1.64. The molecule has 1 aliphatic rings. The molecular weight excluding hydrogens is 312 g/mol. The number of nitrogens with zero attached hydrogens (tertiary/aromatic N) is 2. The van der Waals surface area contributed by atoms with E-state index in [9.17, 15) is 4.79 Å². The number of imidazole rings is 1. The standard InChI is InChI=1S/C20H28N4O/c1-16(17-6-5-7-18(12-17)24-11-10-22-15-24)23-19(25)13-20(14-21)8-3-2-4-9-20/h5-7,10-12,15-16H,2-4,8-9,13-14,21H2,1H3,(H,23,25). The molecule has 0 radical (unpaired) electrons. The molecule has 1 fully saturated rings. The average Bonchev–Trinajstić information content (AvgIpc) is 3.17. The minimum absolute atomic E-state index is 0.000706. The van der Waals surface area contributed by atoms with Crippen molar-refractivity contribution in [2.24, 2.45) is 11.1 Å². The number of nitrogens with two attached hydrogens (primary N) is 1. The molecule has 1 heterocycles. The van der Waals surface area contributed by atoms with Crippen molar-refractivity contribution in [2.45, 2.75) is 51.5 Å². The van der Waals surface area contributed by atoms with E-state index in [-0.39, 0.29) is 17.4 Å². The summed E-state index contributed by atoms with van der Waals surface area (Å²) in [5.41, 5.74) is 8.15. The van der Waals surface area contributed by atoms with E-state index in [1.807, 2.05) is 35.9 Å². The van der Waals surface area contributed by atoms with Gasteiger partial charge in [0, 0.05) is 24.5 Å². The first-order valence-corrected chi connectivity index (χ1v) is 9.20. The van der Waals surface area contributed by atoms with Crippen LogP contribution < -0.4 is 11.1 Å². The Hall–Kier alpha value is -2.14. The van der Waals surface area contributed by atoms with Crippen LogP contribution in [0.4, 0.5) is 0 Å². The lowest BCUT2D eigenvalue weighted by Crippen LogP contribution is -2.39. The molecule has 3 rings (SSSR count). The average molecular weight is 340 g/mol. The highest BCUT2D eigenvalue weighted by Gasteiger charge is 2.33. The van der Waals surface area contributed by atoms with Crippen molar-refractivity contribution >= 4 is 5.91 Å². The minimum atomic E-state index is -0.0330. The lowest BCUT2D eigenvalue weighted by atomic mass is 9.71. The van der Waals surface area contributed by atoms with Crippen molar-refractivity contribution in [3.8, 4) is 5.69 Å². The zero-order valence-electron chi connectivity index (χ0n) is 14.9. The van der Waals surface area contributed by atoms with Crippen LogP contribution in [0.2, 0.25) is 0 Å². The molecule has 0 saturated heterocycles. The second-order valence-corrected chi connectivity index (χ2v) is 7.30. The third-order valence-electron chi connectivity index (χ3n) is 5.43. The molecule has 0 aliphatic heterocycles. The van der Waals surface area contributed by atoms with Gasteiger partial charge in [0.1, 0.15) is 0 Å². The largest absolute Gasteiger partial charge is 0.350 e. The fourth-order valence-corrected chi connectivity index (χ4v) is 3.84. The van der Waals surface area contributed by atoms with Crippen LogP contribution in [0.5, 0.6) is 0 Å². The molecular formula is C20H28N4O. The zero-order chi connectivity index (χ0) is 17.7. The summed E-state index contributed by atoms with van der Waals surface area (Å²) < 4.78 is 1.96. The number of carbonyl (C=O) groups is 1. The highest BCUT2D eigenvalue weighted by molar-refractivity contribution is 5.77. The third kappa shape index (κ3) is 4.28. The van der Waals surface area contributed by atoms with Crippen molar-refractivity contribution < 1.29 is 4.79 Å². The lowest BCUT2D eigenvalue weighted by molar-refractivity contribution is -0.124. The number of nitrogens with one attached hydrogen (secondary N) is 1. The molecule has 1 aromatic carbocycles. The predicted octanol–water partition coefficient (Wildman–Crippen LogP) is 3.35. The quantitative estimate of drug-likeness (QED) is 0.847. The van der Waals surface area contributed by atoms with Gasteiger partial charge in [-0.15, -0.1) is 0 Å². The van der Waals surface area contributed by atoms with Crippen LogP contribution in [0.15, 0.2) is 43.0 Å². The van der Waals surface area contributed by atoms with Crippen LogP contribution in [0.25, 0.3) is 5.69 Å². The molecule has 5 heteroatoms. The number of aromatic nitrogens is 2. The van der Waals surface area contributed by atoms with Gasteiger partial charge >= 0.3 is 0 Å². The molecule has 1 aromatic heterocycles. The molecule has 2 aromatic rings. The number of amides is 1. The maximum atomic E-state index is 12.6. The number of benzene rings is 1. The van der Waals surface area contributed by atoms with Gasteiger partial charge in [-0.25, -0.2) is 4.98 Å². The van der Waals surface area contributed by atoms with Crippen LogP contribution in [0.3, 0.4) is 0 Å². The van der Waals surface area contributed by atoms with Crippen molar-refractivity contribution in [2.75, 3.05) is 6.54 Å². The Morgan fingerprint density at radius 3 is 2.84 bits per heavy atom. The van der Waals surface area contributed by atoms with Crippen LogP contribution in [-0.2, 0) is 4.79 Å². The monoisotopic (exact) mass is 340 g/mol. The first-order valence-electron chi connectivity index (χ1n) is 9.20. The molecule has 0 spiro atoms. The SMILES string of the molecule is CC(NC(=O)CC1(CN)CCCCC1)c1cccc(-n2ccnc2)c1. The topological polar surface area (TPSA) is 72.9 Å². The van der Waals surface area contributed by atoms with Crippen LogP contribution in [0, 0.1) is 5.41 Å². The van der Waals surface area contributed by atoms with E-state index < -0.39 is 0 Å². The third-order valence-corrected chi connectivity index (χ3v) is 5.43. The normalized spacial score (nSPS) is 17.8. The fraction of sp³-hybridized carbons (Fsp3) is 0.500. The maximum absolute atomic E-state index is 12.6.